The van der Waals surface area contributed by atoms with Crippen molar-refractivity contribution in [2.75, 3.05) is 6.26 Å². The van der Waals surface area contributed by atoms with Crippen molar-refractivity contribution < 1.29 is 13.2 Å². The number of hydrogen-bond donors (Lipinski definition) is 0. The van der Waals surface area contributed by atoms with Gasteiger partial charge in [-0.15, -0.1) is 17.5 Å². The second kappa shape index (κ2) is 4.60. The summed E-state index contributed by atoms with van der Waals surface area (Å²) in [5, 5.41) is 0. The lowest BCUT2D eigenvalue weighted by atomic mass is 10.1. The molecular formula is C11H9F3S. The van der Waals surface area contributed by atoms with Crippen LogP contribution >= 0.6 is 11.8 Å². The quantitative estimate of drug-likeness (QED) is 0.543. The molecule has 1 aromatic rings. The monoisotopic (exact) mass is 230 g/mol. The molecule has 4 heteroatoms. The SMILES string of the molecule is C=C=C(c1ccc(SC)cc1)C(F)(F)F. The number of benzene rings is 1. The Bertz CT molecular complexity index is 383. The van der Waals surface area contributed by atoms with Gasteiger partial charge in [-0.3, -0.25) is 0 Å². The highest BCUT2D eigenvalue weighted by molar-refractivity contribution is 7.98. The first kappa shape index (κ1) is 12.0. The molecular weight excluding hydrogens is 221 g/mol. The van der Waals surface area contributed by atoms with E-state index in [1.54, 1.807) is 12.1 Å². The topological polar surface area (TPSA) is 0 Å². The molecule has 0 unspecified atom stereocenters. The van der Waals surface area contributed by atoms with Crippen LogP contribution in [0, 0.1) is 0 Å². The lowest BCUT2D eigenvalue weighted by Gasteiger charge is -2.09. The summed E-state index contributed by atoms with van der Waals surface area (Å²) in [6.07, 6.45) is -2.54. The van der Waals surface area contributed by atoms with Gasteiger partial charge in [-0.05, 0) is 24.0 Å². The number of thioether (sulfide) groups is 1. The minimum Gasteiger partial charge on any atom is -0.165 e. The van der Waals surface area contributed by atoms with E-state index in [2.05, 4.69) is 6.58 Å². The molecule has 0 aliphatic rings. The van der Waals surface area contributed by atoms with Crippen LogP contribution in [0.15, 0.2) is 41.5 Å². The van der Waals surface area contributed by atoms with Gasteiger partial charge in [-0.25, -0.2) is 0 Å². The van der Waals surface area contributed by atoms with Crippen LogP contribution in [0.2, 0.25) is 0 Å². The van der Waals surface area contributed by atoms with Gasteiger partial charge in [0.25, 0.3) is 0 Å². The first-order chi connectivity index (χ1) is 6.99. The Morgan fingerprint density at radius 2 is 1.80 bits per heavy atom. The molecule has 0 fully saturated rings. The van der Waals surface area contributed by atoms with Gasteiger partial charge in [0.1, 0.15) is 5.57 Å². The molecule has 0 radical (unpaired) electrons. The number of alkyl halides is 3. The number of rotatable bonds is 2. The molecule has 0 heterocycles. The predicted octanol–water partition coefficient (Wildman–Crippen LogP) is 4.14. The molecule has 0 N–H and O–H groups in total. The summed E-state index contributed by atoms with van der Waals surface area (Å²) in [5.41, 5.74) is 1.20. The molecule has 0 saturated carbocycles. The third-order valence-corrected chi connectivity index (χ3v) is 2.58. The van der Waals surface area contributed by atoms with E-state index in [1.165, 1.54) is 23.9 Å². The fraction of sp³-hybridized carbons (Fsp3) is 0.182. The van der Waals surface area contributed by atoms with Crippen LogP contribution < -0.4 is 0 Å². The van der Waals surface area contributed by atoms with Gasteiger partial charge in [0.2, 0.25) is 0 Å². The molecule has 0 aromatic heterocycles. The Labute approximate surface area is 90.5 Å². The highest BCUT2D eigenvalue weighted by atomic mass is 32.2. The van der Waals surface area contributed by atoms with Crippen LogP contribution in [-0.4, -0.2) is 12.4 Å². The summed E-state index contributed by atoms with van der Waals surface area (Å²) in [6.45, 7) is 3.06. The number of hydrogen-bond acceptors (Lipinski definition) is 1. The van der Waals surface area contributed by atoms with E-state index in [0.717, 1.165) is 4.90 Å². The summed E-state index contributed by atoms with van der Waals surface area (Å²) >= 11 is 1.48. The van der Waals surface area contributed by atoms with E-state index in [1.807, 2.05) is 12.0 Å². The zero-order chi connectivity index (χ0) is 11.5. The standard InChI is InChI=1S/C11H9F3S/c1-3-10(11(12,13)14)8-4-6-9(15-2)7-5-8/h4-7H,1H2,2H3. The molecule has 0 saturated heterocycles. The van der Waals surface area contributed by atoms with Crippen molar-refractivity contribution >= 4 is 17.3 Å². The van der Waals surface area contributed by atoms with Gasteiger partial charge in [0.05, 0.1) is 0 Å². The van der Waals surface area contributed by atoms with Crippen LogP contribution in [-0.2, 0) is 0 Å². The summed E-state index contributed by atoms with van der Waals surface area (Å²) in [5.74, 6) is 0. The Morgan fingerprint density at radius 1 is 1.27 bits per heavy atom. The van der Waals surface area contributed by atoms with Crippen LogP contribution in [0.4, 0.5) is 13.2 Å². The predicted molar refractivity (Wildman–Crippen MR) is 56.8 cm³/mol. The van der Waals surface area contributed by atoms with Gasteiger partial charge in [-0.2, -0.15) is 13.2 Å². The fourth-order valence-corrected chi connectivity index (χ4v) is 1.53. The highest BCUT2D eigenvalue weighted by Crippen LogP contribution is 2.33. The fourth-order valence-electron chi connectivity index (χ4n) is 1.12. The van der Waals surface area contributed by atoms with Crippen LogP contribution in [0.1, 0.15) is 5.56 Å². The molecule has 0 nitrogen and oxygen atoms in total. The lowest BCUT2D eigenvalue weighted by Crippen LogP contribution is -2.09. The Balaban J connectivity index is 3.11. The average Bonchev–Trinajstić information content (AvgIpc) is 2.18. The third-order valence-electron chi connectivity index (χ3n) is 1.84. The molecule has 0 atom stereocenters. The van der Waals surface area contributed by atoms with Crippen LogP contribution in [0.5, 0.6) is 0 Å². The first-order valence-corrected chi connectivity index (χ1v) is 5.33. The second-order valence-corrected chi connectivity index (χ2v) is 3.66. The molecule has 0 aliphatic heterocycles. The summed E-state index contributed by atoms with van der Waals surface area (Å²) in [7, 11) is 0. The second-order valence-electron chi connectivity index (χ2n) is 2.78. The molecule has 0 amide bonds. The molecule has 1 rings (SSSR count). The minimum atomic E-state index is -4.40. The highest BCUT2D eigenvalue weighted by Gasteiger charge is 2.34. The van der Waals surface area contributed by atoms with Crippen molar-refractivity contribution in [1.29, 1.82) is 0 Å². The number of allylic oxidation sites excluding steroid dienone is 1. The van der Waals surface area contributed by atoms with Crippen LogP contribution in [0.25, 0.3) is 5.57 Å². The Kier molecular flexibility index (Phi) is 3.66. The molecule has 0 spiro atoms. The minimum absolute atomic E-state index is 0.0929. The zero-order valence-corrected chi connectivity index (χ0v) is 8.88. The van der Waals surface area contributed by atoms with E-state index in [9.17, 15) is 13.2 Å². The molecule has 0 bridgehead atoms. The maximum atomic E-state index is 12.4. The van der Waals surface area contributed by atoms with Gasteiger partial charge in [-0.1, -0.05) is 18.7 Å². The maximum Gasteiger partial charge on any atom is 0.424 e. The van der Waals surface area contributed by atoms with E-state index >= 15 is 0 Å². The number of halogens is 3. The van der Waals surface area contributed by atoms with Crippen molar-refractivity contribution in [3.8, 4) is 0 Å². The van der Waals surface area contributed by atoms with Crippen molar-refractivity contribution in [2.45, 2.75) is 11.1 Å². The van der Waals surface area contributed by atoms with Crippen LogP contribution in [0.3, 0.4) is 0 Å². The zero-order valence-electron chi connectivity index (χ0n) is 8.06. The van der Waals surface area contributed by atoms with Crippen molar-refractivity contribution in [3.05, 3.63) is 42.1 Å². The Morgan fingerprint density at radius 3 is 2.13 bits per heavy atom. The van der Waals surface area contributed by atoms with Gasteiger partial charge >= 0.3 is 6.18 Å². The van der Waals surface area contributed by atoms with Crippen molar-refractivity contribution in [1.82, 2.24) is 0 Å². The van der Waals surface area contributed by atoms with E-state index in [-0.39, 0.29) is 5.56 Å². The van der Waals surface area contributed by atoms with E-state index < -0.39 is 11.7 Å². The summed E-state index contributed by atoms with van der Waals surface area (Å²) < 4.78 is 37.3. The van der Waals surface area contributed by atoms with E-state index in [0.29, 0.717) is 0 Å². The van der Waals surface area contributed by atoms with Gasteiger partial charge in [0.15, 0.2) is 0 Å². The van der Waals surface area contributed by atoms with E-state index in [4.69, 9.17) is 0 Å². The first-order valence-electron chi connectivity index (χ1n) is 4.10. The molecule has 15 heavy (non-hydrogen) atoms. The van der Waals surface area contributed by atoms with Crippen molar-refractivity contribution in [3.63, 3.8) is 0 Å². The molecule has 80 valence electrons. The van der Waals surface area contributed by atoms with Gasteiger partial charge < -0.3 is 0 Å². The van der Waals surface area contributed by atoms with Crippen molar-refractivity contribution in [2.24, 2.45) is 0 Å². The lowest BCUT2D eigenvalue weighted by molar-refractivity contribution is -0.0687. The average molecular weight is 230 g/mol. The maximum absolute atomic E-state index is 12.4. The summed E-state index contributed by atoms with van der Waals surface area (Å²) in [4.78, 5) is 0.921. The van der Waals surface area contributed by atoms with Gasteiger partial charge in [0, 0.05) is 4.90 Å². The normalized spacial score (nSPS) is 10.9. The third kappa shape index (κ3) is 2.91. The summed E-state index contributed by atoms with van der Waals surface area (Å²) in [6, 6.07) is 6.13. The molecule has 0 aliphatic carbocycles. The largest absolute Gasteiger partial charge is 0.424 e. The molecule has 1 aromatic carbocycles. The smallest absolute Gasteiger partial charge is 0.165 e. The Hall–Kier alpha value is -1.12.